The Balaban J connectivity index is -0.00000180. The normalized spacial score (nSPS) is 12.1. The smallest absolute Gasteiger partial charge is 1.00 e. The molecule has 120 valence electrons. The summed E-state index contributed by atoms with van der Waals surface area (Å²) in [5, 5.41) is -1.92. The van der Waals surface area contributed by atoms with Gasteiger partial charge in [-0.15, -0.1) is 0 Å². The molecule has 0 amide bonds. The van der Waals surface area contributed by atoms with E-state index in [1.807, 2.05) is 13.8 Å². The van der Waals surface area contributed by atoms with Crippen molar-refractivity contribution in [1.82, 2.24) is 0 Å². The first-order valence-electron chi connectivity index (χ1n) is 6.61. The van der Waals surface area contributed by atoms with Crippen molar-refractivity contribution in [1.29, 1.82) is 0 Å². The third kappa shape index (κ3) is 11.1. The van der Waals surface area contributed by atoms with Crippen molar-refractivity contribution in [2.24, 2.45) is 0 Å². The molecule has 0 bridgehead atoms. The minimum Gasteiger partial charge on any atom is -1.00 e. The zero-order chi connectivity index (χ0) is 15.6. The van der Waals surface area contributed by atoms with Crippen LogP contribution in [-0.4, -0.2) is 43.4 Å². The van der Waals surface area contributed by atoms with Crippen molar-refractivity contribution >= 4 is 22.1 Å². The van der Waals surface area contributed by atoms with Crippen LogP contribution in [0.4, 0.5) is 0 Å². The van der Waals surface area contributed by atoms with Crippen molar-refractivity contribution in [2.45, 2.75) is 51.2 Å². The van der Waals surface area contributed by atoms with Crippen molar-refractivity contribution in [3.63, 3.8) is 0 Å². The van der Waals surface area contributed by atoms with Gasteiger partial charge in [0.15, 0.2) is 5.25 Å². The summed E-state index contributed by atoms with van der Waals surface area (Å²) in [6.07, 6.45) is 2.05. The number of unbranched alkanes of at least 4 members (excludes halogenated alkanes) is 2. The standard InChI is InChI=1S/C12H22O7S.Na.H/c1-3-5-7-18-11(13)9-10(20(15,16)17)12(14)19-8-6-4-2;;/h10H,3-9H2,1-2H3,(H,15,16,17);;/q;+1;-1. The van der Waals surface area contributed by atoms with Gasteiger partial charge in [0, 0.05) is 0 Å². The van der Waals surface area contributed by atoms with E-state index in [2.05, 4.69) is 0 Å². The Morgan fingerprint density at radius 2 is 1.57 bits per heavy atom. The van der Waals surface area contributed by atoms with Crippen molar-refractivity contribution < 1.29 is 63.0 Å². The van der Waals surface area contributed by atoms with Gasteiger partial charge in [-0.1, -0.05) is 26.7 Å². The van der Waals surface area contributed by atoms with Crippen LogP contribution in [0.2, 0.25) is 0 Å². The van der Waals surface area contributed by atoms with Crippen LogP contribution in [0.1, 0.15) is 47.4 Å². The molecule has 0 heterocycles. The molecule has 0 fully saturated rings. The van der Waals surface area contributed by atoms with Crippen LogP contribution in [0.5, 0.6) is 0 Å². The maximum Gasteiger partial charge on any atom is 1.00 e. The molecule has 0 radical (unpaired) electrons. The summed E-state index contributed by atoms with van der Waals surface area (Å²) < 4.78 is 40.7. The quantitative estimate of drug-likeness (QED) is 0.223. The number of hydrogen-bond acceptors (Lipinski definition) is 6. The predicted octanol–water partition coefficient (Wildman–Crippen LogP) is -1.56. The molecule has 0 aromatic carbocycles. The van der Waals surface area contributed by atoms with Crippen LogP contribution < -0.4 is 29.6 Å². The first kappa shape index (κ1) is 23.1. The number of hydrogen-bond donors (Lipinski definition) is 1. The average Bonchev–Trinajstić information content (AvgIpc) is 2.35. The molecular formula is C12H23NaO7S. The fraction of sp³-hybridized carbons (Fsp3) is 0.833. The van der Waals surface area contributed by atoms with Gasteiger partial charge in [-0.2, -0.15) is 8.42 Å². The summed E-state index contributed by atoms with van der Waals surface area (Å²) in [5.74, 6) is -1.98. The molecule has 1 unspecified atom stereocenters. The fourth-order valence-electron chi connectivity index (χ4n) is 1.26. The summed E-state index contributed by atoms with van der Waals surface area (Å²) >= 11 is 0. The Bertz CT molecular complexity index is 414. The molecule has 0 spiro atoms. The Labute approximate surface area is 149 Å². The Kier molecular flexibility index (Phi) is 13.7. The maximum absolute atomic E-state index is 11.6. The summed E-state index contributed by atoms with van der Waals surface area (Å²) in [6, 6.07) is 0. The molecule has 7 nitrogen and oxygen atoms in total. The fourth-order valence-corrected chi connectivity index (χ4v) is 1.92. The van der Waals surface area contributed by atoms with Crippen LogP contribution >= 0.6 is 0 Å². The third-order valence-corrected chi connectivity index (χ3v) is 3.56. The van der Waals surface area contributed by atoms with E-state index in [1.165, 1.54) is 0 Å². The number of rotatable bonds is 10. The molecule has 0 aliphatic rings. The summed E-state index contributed by atoms with van der Waals surface area (Å²) in [4.78, 5) is 23.0. The second-order valence-corrected chi connectivity index (χ2v) is 5.90. The van der Waals surface area contributed by atoms with Crippen LogP contribution in [0.25, 0.3) is 0 Å². The van der Waals surface area contributed by atoms with Crippen LogP contribution in [-0.2, 0) is 29.2 Å². The van der Waals surface area contributed by atoms with Gasteiger partial charge in [-0.25, -0.2) is 0 Å². The molecule has 1 N–H and O–H groups in total. The molecule has 0 aromatic heterocycles. The van der Waals surface area contributed by atoms with Crippen LogP contribution in [0, 0.1) is 0 Å². The van der Waals surface area contributed by atoms with E-state index in [-0.39, 0.29) is 44.2 Å². The van der Waals surface area contributed by atoms with Crippen molar-refractivity contribution in [3.8, 4) is 0 Å². The Morgan fingerprint density at radius 3 is 2.00 bits per heavy atom. The van der Waals surface area contributed by atoms with Gasteiger partial charge in [0.1, 0.15) is 0 Å². The predicted molar refractivity (Wildman–Crippen MR) is 72.8 cm³/mol. The molecule has 21 heavy (non-hydrogen) atoms. The minimum atomic E-state index is -4.70. The monoisotopic (exact) mass is 334 g/mol. The van der Waals surface area contributed by atoms with E-state index in [0.717, 1.165) is 12.8 Å². The molecule has 1 atom stereocenters. The second-order valence-electron chi connectivity index (χ2n) is 4.30. The van der Waals surface area contributed by atoms with E-state index >= 15 is 0 Å². The van der Waals surface area contributed by atoms with Gasteiger partial charge in [0.2, 0.25) is 0 Å². The van der Waals surface area contributed by atoms with Crippen LogP contribution in [0.3, 0.4) is 0 Å². The number of carbonyl (C=O) groups is 2. The zero-order valence-corrected chi connectivity index (χ0v) is 15.6. The van der Waals surface area contributed by atoms with E-state index < -0.39 is 33.7 Å². The van der Waals surface area contributed by atoms with Gasteiger partial charge >= 0.3 is 41.5 Å². The average molecular weight is 334 g/mol. The zero-order valence-electron chi connectivity index (χ0n) is 13.8. The van der Waals surface area contributed by atoms with Crippen molar-refractivity contribution in [2.75, 3.05) is 13.2 Å². The topological polar surface area (TPSA) is 107 Å². The molecule has 0 aromatic rings. The van der Waals surface area contributed by atoms with Crippen LogP contribution in [0.15, 0.2) is 0 Å². The molecule has 0 rings (SSSR count). The van der Waals surface area contributed by atoms with Gasteiger partial charge < -0.3 is 10.9 Å². The molecule has 9 heteroatoms. The van der Waals surface area contributed by atoms with Gasteiger partial charge in [-0.3, -0.25) is 14.1 Å². The Hall–Kier alpha value is -0.150. The first-order valence-corrected chi connectivity index (χ1v) is 8.11. The molecule has 0 saturated heterocycles. The van der Waals surface area contributed by atoms with Gasteiger partial charge in [-0.05, 0) is 12.8 Å². The van der Waals surface area contributed by atoms with E-state index in [0.29, 0.717) is 12.8 Å². The largest absolute Gasteiger partial charge is 1.00 e. The van der Waals surface area contributed by atoms with E-state index in [4.69, 9.17) is 14.0 Å². The number of ether oxygens (including phenoxy) is 2. The first-order chi connectivity index (χ1) is 9.32. The summed E-state index contributed by atoms with van der Waals surface area (Å²) in [6.45, 7) is 3.98. The maximum atomic E-state index is 11.6. The molecule has 0 saturated carbocycles. The molecule has 0 aliphatic carbocycles. The third-order valence-electron chi connectivity index (χ3n) is 2.48. The number of carbonyl (C=O) groups excluding carboxylic acids is 2. The number of esters is 2. The second kappa shape index (κ2) is 12.4. The van der Waals surface area contributed by atoms with E-state index in [1.54, 1.807) is 0 Å². The SMILES string of the molecule is CCCCOC(=O)CC(C(=O)OCCCC)S(=O)(=O)O.[H-].[Na+]. The summed E-state index contributed by atoms with van der Waals surface area (Å²) in [5.41, 5.74) is 0. The molecule has 0 aliphatic heterocycles. The summed E-state index contributed by atoms with van der Waals surface area (Å²) in [7, 11) is -4.70. The van der Waals surface area contributed by atoms with Crippen molar-refractivity contribution in [3.05, 3.63) is 0 Å². The Morgan fingerprint density at radius 1 is 1.10 bits per heavy atom. The molecular weight excluding hydrogens is 311 g/mol. The van der Waals surface area contributed by atoms with Gasteiger partial charge in [0.25, 0.3) is 10.1 Å². The van der Waals surface area contributed by atoms with Gasteiger partial charge in [0.05, 0.1) is 19.6 Å². The minimum absolute atomic E-state index is 0. The van der Waals surface area contributed by atoms with E-state index in [9.17, 15) is 18.0 Å².